The van der Waals surface area contributed by atoms with Crippen LogP contribution in [0.15, 0.2) is 65.8 Å². The standard InChI is InChI=1S/C25H21ClN4O4S2/c1-14-7-21(30-36(31,32)20-6-4-5-17(26)10-20)23-22(15-8-18(33-2)11-19(9-15)34-3)24(35-25(23)29-14)16-12-27-28-13-16/h4-13H,1-3H3,(H,27,28)(H,29,30). The van der Waals surface area contributed by atoms with E-state index in [0.29, 0.717) is 38.1 Å². The predicted molar refractivity (Wildman–Crippen MR) is 143 cm³/mol. The van der Waals surface area contributed by atoms with Gasteiger partial charge in [0.05, 0.1) is 31.0 Å². The van der Waals surface area contributed by atoms with Crippen LogP contribution in [0.2, 0.25) is 5.02 Å². The first-order valence-corrected chi connectivity index (χ1v) is 13.4. The number of hydrogen-bond donors (Lipinski definition) is 2. The highest BCUT2D eigenvalue weighted by atomic mass is 35.5. The quantitative estimate of drug-likeness (QED) is 0.257. The van der Waals surface area contributed by atoms with Crippen molar-refractivity contribution in [1.82, 2.24) is 15.2 Å². The van der Waals surface area contributed by atoms with E-state index in [-0.39, 0.29) is 4.90 Å². The van der Waals surface area contributed by atoms with Gasteiger partial charge in [0.1, 0.15) is 16.3 Å². The maximum absolute atomic E-state index is 13.4. The van der Waals surface area contributed by atoms with E-state index in [1.807, 2.05) is 19.1 Å². The van der Waals surface area contributed by atoms with Gasteiger partial charge in [-0.15, -0.1) is 11.3 Å². The van der Waals surface area contributed by atoms with Crippen molar-refractivity contribution in [3.05, 3.63) is 71.6 Å². The molecule has 0 bridgehead atoms. The van der Waals surface area contributed by atoms with E-state index in [1.165, 1.54) is 23.5 Å². The second kappa shape index (κ2) is 9.45. The van der Waals surface area contributed by atoms with Gasteiger partial charge in [-0.3, -0.25) is 9.82 Å². The van der Waals surface area contributed by atoms with Crippen LogP contribution in [-0.2, 0) is 10.0 Å². The molecule has 36 heavy (non-hydrogen) atoms. The van der Waals surface area contributed by atoms with Crippen molar-refractivity contribution in [2.24, 2.45) is 0 Å². The molecule has 2 N–H and O–H groups in total. The zero-order valence-electron chi connectivity index (χ0n) is 19.5. The Morgan fingerprint density at radius 1 is 1.03 bits per heavy atom. The van der Waals surface area contributed by atoms with Crippen LogP contribution in [0.5, 0.6) is 11.5 Å². The number of hydrogen-bond acceptors (Lipinski definition) is 7. The molecule has 3 heterocycles. The van der Waals surface area contributed by atoms with Gasteiger partial charge >= 0.3 is 0 Å². The van der Waals surface area contributed by atoms with Crippen molar-refractivity contribution in [2.75, 3.05) is 18.9 Å². The number of nitrogens with one attached hydrogen (secondary N) is 2. The molecule has 0 saturated carbocycles. The van der Waals surface area contributed by atoms with Crippen molar-refractivity contribution in [3.63, 3.8) is 0 Å². The van der Waals surface area contributed by atoms with Crippen LogP contribution >= 0.6 is 22.9 Å². The molecule has 0 spiro atoms. The van der Waals surface area contributed by atoms with Crippen molar-refractivity contribution >= 4 is 48.9 Å². The van der Waals surface area contributed by atoms with Crippen LogP contribution in [0.3, 0.4) is 0 Å². The number of pyridine rings is 1. The molecule has 3 aromatic heterocycles. The molecule has 0 atom stereocenters. The molecule has 2 aromatic carbocycles. The van der Waals surface area contributed by atoms with Gasteiger partial charge in [-0.25, -0.2) is 13.4 Å². The molecule has 0 aliphatic carbocycles. The highest BCUT2D eigenvalue weighted by molar-refractivity contribution is 7.92. The van der Waals surface area contributed by atoms with Crippen molar-refractivity contribution in [2.45, 2.75) is 11.8 Å². The van der Waals surface area contributed by atoms with Gasteiger partial charge < -0.3 is 9.47 Å². The smallest absolute Gasteiger partial charge is 0.261 e. The fourth-order valence-electron chi connectivity index (χ4n) is 3.95. The third kappa shape index (κ3) is 4.50. The van der Waals surface area contributed by atoms with E-state index in [0.717, 1.165) is 21.6 Å². The van der Waals surface area contributed by atoms with Gasteiger partial charge in [0.25, 0.3) is 10.0 Å². The van der Waals surface area contributed by atoms with E-state index in [9.17, 15) is 8.42 Å². The van der Waals surface area contributed by atoms with Gasteiger partial charge in [0, 0.05) is 44.4 Å². The summed E-state index contributed by atoms with van der Waals surface area (Å²) in [5.41, 5.74) is 3.48. The lowest BCUT2D eigenvalue weighted by atomic mass is 9.99. The van der Waals surface area contributed by atoms with E-state index < -0.39 is 10.0 Å². The summed E-state index contributed by atoms with van der Waals surface area (Å²) in [6.07, 6.45) is 3.50. The average Bonchev–Trinajstić information content (AvgIpc) is 3.51. The first-order chi connectivity index (χ1) is 17.3. The van der Waals surface area contributed by atoms with Crippen LogP contribution in [0, 0.1) is 6.92 Å². The minimum atomic E-state index is -3.94. The van der Waals surface area contributed by atoms with Gasteiger partial charge in [-0.2, -0.15) is 5.10 Å². The molecular weight excluding hydrogens is 520 g/mol. The number of anilines is 1. The summed E-state index contributed by atoms with van der Waals surface area (Å²) in [6, 6.07) is 13.4. The van der Waals surface area contributed by atoms with Gasteiger partial charge in [0.2, 0.25) is 0 Å². The maximum atomic E-state index is 13.4. The number of fused-ring (bicyclic) bond motifs is 1. The molecule has 5 aromatic rings. The summed E-state index contributed by atoms with van der Waals surface area (Å²) in [7, 11) is -0.779. The first kappa shape index (κ1) is 24.1. The zero-order valence-corrected chi connectivity index (χ0v) is 21.9. The monoisotopic (exact) mass is 540 g/mol. The largest absolute Gasteiger partial charge is 0.497 e. The Balaban J connectivity index is 1.80. The van der Waals surface area contributed by atoms with Crippen LogP contribution in [0.1, 0.15) is 5.69 Å². The maximum Gasteiger partial charge on any atom is 0.261 e. The lowest BCUT2D eigenvalue weighted by molar-refractivity contribution is 0.394. The number of aryl methyl sites for hydroxylation is 1. The normalized spacial score (nSPS) is 11.6. The fourth-order valence-corrected chi connectivity index (χ4v) is 6.56. The molecule has 0 saturated heterocycles. The number of aromatic nitrogens is 3. The van der Waals surface area contributed by atoms with Crippen LogP contribution in [-0.4, -0.2) is 37.8 Å². The Kier molecular flexibility index (Phi) is 6.33. The second-order valence-corrected chi connectivity index (χ2v) is 11.1. The van der Waals surface area contributed by atoms with Gasteiger partial charge in [-0.05, 0) is 48.9 Å². The third-order valence-electron chi connectivity index (χ3n) is 5.54. The van der Waals surface area contributed by atoms with Crippen molar-refractivity contribution in [1.29, 1.82) is 0 Å². The minimum absolute atomic E-state index is 0.0625. The lowest BCUT2D eigenvalue weighted by Crippen LogP contribution is -2.13. The molecule has 8 nitrogen and oxygen atoms in total. The van der Waals surface area contributed by atoms with Gasteiger partial charge in [-0.1, -0.05) is 17.7 Å². The Bertz CT molecular complexity index is 1660. The predicted octanol–water partition coefficient (Wildman–Crippen LogP) is 6.13. The highest BCUT2D eigenvalue weighted by Gasteiger charge is 2.24. The number of ether oxygens (including phenoxy) is 2. The van der Waals surface area contributed by atoms with E-state index in [4.69, 9.17) is 26.1 Å². The fraction of sp³-hybridized carbons (Fsp3) is 0.120. The molecule has 5 rings (SSSR count). The summed E-state index contributed by atoms with van der Waals surface area (Å²) in [6.45, 7) is 1.82. The molecule has 0 aliphatic heterocycles. The molecule has 0 unspecified atom stereocenters. The molecule has 11 heteroatoms. The summed E-state index contributed by atoms with van der Waals surface area (Å²) >= 11 is 7.51. The van der Waals surface area contributed by atoms with Gasteiger partial charge in [0.15, 0.2) is 0 Å². The SMILES string of the molecule is COc1cc(OC)cc(-c2c(-c3cn[nH]c3)sc3nc(C)cc(NS(=O)(=O)c4cccc(Cl)c4)c23)c1. The Morgan fingerprint density at radius 2 is 1.78 bits per heavy atom. The molecule has 0 fully saturated rings. The Labute approximate surface area is 216 Å². The molecular formula is C25H21ClN4O4S2. The minimum Gasteiger partial charge on any atom is -0.497 e. The Hall–Kier alpha value is -3.60. The van der Waals surface area contributed by atoms with E-state index >= 15 is 0 Å². The number of methoxy groups -OCH3 is 2. The average molecular weight is 541 g/mol. The summed E-state index contributed by atoms with van der Waals surface area (Å²) < 4.78 is 40.5. The van der Waals surface area contributed by atoms with Crippen molar-refractivity contribution < 1.29 is 17.9 Å². The van der Waals surface area contributed by atoms with Crippen molar-refractivity contribution in [3.8, 4) is 33.1 Å². The number of H-pyrrole nitrogens is 1. The number of halogens is 1. The first-order valence-electron chi connectivity index (χ1n) is 10.7. The number of thiophene rings is 1. The molecule has 0 aliphatic rings. The third-order valence-corrected chi connectivity index (χ3v) is 8.27. The topological polar surface area (TPSA) is 106 Å². The number of rotatable bonds is 7. The molecule has 184 valence electrons. The van der Waals surface area contributed by atoms with E-state index in [1.54, 1.807) is 50.9 Å². The highest BCUT2D eigenvalue weighted by Crippen LogP contribution is 2.48. The number of nitrogens with zero attached hydrogens (tertiary/aromatic N) is 2. The van der Waals surface area contributed by atoms with Crippen LogP contribution in [0.25, 0.3) is 31.8 Å². The second-order valence-electron chi connectivity index (χ2n) is 7.95. The van der Waals surface area contributed by atoms with E-state index in [2.05, 4.69) is 14.9 Å². The summed E-state index contributed by atoms with van der Waals surface area (Å²) in [5.74, 6) is 1.20. The summed E-state index contributed by atoms with van der Waals surface area (Å²) in [5, 5.41) is 7.94. The van der Waals surface area contributed by atoms with Crippen LogP contribution in [0.4, 0.5) is 5.69 Å². The van der Waals surface area contributed by atoms with Crippen LogP contribution < -0.4 is 14.2 Å². The number of sulfonamides is 1. The zero-order chi connectivity index (χ0) is 25.4. The lowest BCUT2D eigenvalue weighted by Gasteiger charge is -2.14. The molecule has 0 radical (unpaired) electrons. The summed E-state index contributed by atoms with van der Waals surface area (Å²) in [4.78, 5) is 6.33. The number of aromatic amines is 1. The molecule has 0 amide bonds. The number of benzene rings is 2. The Morgan fingerprint density at radius 3 is 2.42 bits per heavy atom.